The predicted octanol–water partition coefficient (Wildman–Crippen LogP) is 5.24. The Balaban J connectivity index is 1.55. The second-order valence-corrected chi connectivity index (χ2v) is 9.94. The zero-order chi connectivity index (χ0) is 15.5. The van der Waals surface area contributed by atoms with Crippen molar-refractivity contribution in [2.45, 2.75) is 84.6 Å². The molecule has 4 fully saturated rings. The van der Waals surface area contributed by atoms with Crippen LogP contribution in [0, 0.1) is 46.8 Å². The second-order valence-electron chi connectivity index (χ2n) is 9.94. The second kappa shape index (κ2) is 5.50. The minimum absolute atomic E-state index is 0.401. The van der Waals surface area contributed by atoms with E-state index in [2.05, 4.69) is 20.8 Å². The van der Waals surface area contributed by atoms with Gasteiger partial charge in [-0.3, -0.25) is 0 Å². The van der Waals surface area contributed by atoms with Gasteiger partial charge < -0.3 is 5.73 Å². The number of rotatable bonds is 1. The quantitative estimate of drug-likeness (QED) is 0.704. The average Bonchev–Trinajstić information content (AvgIpc) is 2.84. The van der Waals surface area contributed by atoms with E-state index in [0.29, 0.717) is 11.5 Å². The molecule has 0 aromatic rings. The molecule has 0 heterocycles. The van der Waals surface area contributed by atoms with E-state index in [1.54, 1.807) is 19.3 Å². The normalized spacial score (nSPS) is 55.9. The summed E-state index contributed by atoms with van der Waals surface area (Å²) in [6.07, 6.45) is 13.6. The van der Waals surface area contributed by atoms with Crippen molar-refractivity contribution in [3.63, 3.8) is 0 Å². The molecule has 0 amide bonds. The van der Waals surface area contributed by atoms with E-state index in [-0.39, 0.29) is 0 Å². The fraction of sp³-hybridized carbons (Fsp3) is 1.00. The molecule has 1 nitrogen and oxygen atoms in total. The van der Waals surface area contributed by atoms with Crippen molar-refractivity contribution in [1.29, 1.82) is 0 Å². The molecule has 4 rings (SSSR count). The molecule has 4 saturated carbocycles. The van der Waals surface area contributed by atoms with Gasteiger partial charge in [0.15, 0.2) is 0 Å². The molecule has 0 aliphatic heterocycles. The molecule has 0 radical (unpaired) electrons. The highest BCUT2D eigenvalue weighted by Gasteiger charge is 2.57. The van der Waals surface area contributed by atoms with Crippen LogP contribution in [0.25, 0.3) is 0 Å². The van der Waals surface area contributed by atoms with Gasteiger partial charge in [-0.1, -0.05) is 20.3 Å². The van der Waals surface area contributed by atoms with Crippen molar-refractivity contribution in [1.82, 2.24) is 0 Å². The molecular formula is C21H37N. The number of hydrogen-bond donors (Lipinski definition) is 1. The zero-order valence-electron chi connectivity index (χ0n) is 15.1. The van der Waals surface area contributed by atoms with Crippen LogP contribution in [0.3, 0.4) is 0 Å². The van der Waals surface area contributed by atoms with Gasteiger partial charge in [0.2, 0.25) is 0 Å². The molecule has 2 N–H and O–H groups in total. The van der Waals surface area contributed by atoms with Gasteiger partial charge in [0.05, 0.1) is 0 Å². The summed E-state index contributed by atoms with van der Waals surface area (Å²) in [4.78, 5) is 0. The monoisotopic (exact) mass is 303 g/mol. The first-order valence-electron chi connectivity index (χ1n) is 10.3. The van der Waals surface area contributed by atoms with Crippen LogP contribution in [0.4, 0.5) is 0 Å². The van der Waals surface area contributed by atoms with Crippen molar-refractivity contribution in [2.75, 3.05) is 0 Å². The topological polar surface area (TPSA) is 26.0 Å². The third-order valence-corrected chi connectivity index (χ3v) is 8.92. The summed E-state index contributed by atoms with van der Waals surface area (Å²) >= 11 is 0. The van der Waals surface area contributed by atoms with Crippen LogP contribution in [0.15, 0.2) is 0 Å². The summed E-state index contributed by atoms with van der Waals surface area (Å²) in [7, 11) is 0. The standard InChI is InChI=1S/C21H37N/c1-13-4-6-16-15(12-13)5-7-18-17(16)10-11-21(3)19(14(2)22)8-9-20(18)21/h13-20H,4-12,22H2,1-3H3/t13-,14+,15+,16-,17?,18+,19+,20?,21+/m0/s1. The smallest absolute Gasteiger partial charge is 0.00440 e. The summed E-state index contributed by atoms with van der Waals surface area (Å²) in [6.45, 7) is 7.37. The molecule has 4 aliphatic rings. The van der Waals surface area contributed by atoms with Gasteiger partial charge in [0.25, 0.3) is 0 Å². The van der Waals surface area contributed by atoms with E-state index in [1.807, 2.05) is 0 Å². The molecule has 4 aliphatic carbocycles. The molecule has 9 atom stereocenters. The van der Waals surface area contributed by atoms with Crippen molar-refractivity contribution in [3.8, 4) is 0 Å². The lowest BCUT2D eigenvalue weighted by molar-refractivity contribution is -0.0689. The average molecular weight is 304 g/mol. The first kappa shape index (κ1) is 15.5. The summed E-state index contributed by atoms with van der Waals surface area (Å²) in [5.74, 6) is 7.10. The Labute approximate surface area is 137 Å². The molecule has 22 heavy (non-hydrogen) atoms. The Hall–Kier alpha value is -0.0400. The van der Waals surface area contributed by atoms with E-state index in [0.717, 1.165) is 41.4 Å². The third-order valence-electron chi connectivity index (χ3n) is 8.92. The van der Waals surface area contributed by atoms with Crippen molar-refractivity contribution in [3.05, 3.63) is 0 Å². The maximum Gasteiger partial charge on any atom is 0.00440 e. The van der Waals surface area contributed by atoms with Gasteiger partial charge in [-0.15, -0.1) is 0 Å². The number of fused-ring (bicyclic) bond motifs is 5. The molecular weight excluding hydrogens is 266 g/mol. The van der Waals surface area contributed by atoms with Crippen LogP contribution in [0.1, 0.15) is 78.6 Å². The van der Waals surface area contributed by atoms with Crippen molar-refractivity contribution >= 4 is 0 Å². The largest absolute Gasteiger partial charge is 0.328 e. The van der Waals surface area contributed by atoms with Gasteiger partial charge in [-0.05, 0) is 105 Å². The summed E-state index contributed by atoms with van der Waals surface area (Å²) in [6, 6.07) is 0.401. The Morgan fingerprint density at radius 1 is 0.909 bits per heavy atom. The van der Waals surface area contributed by atoms with Gasteiger partial charge in [0, 0.05) is 6.04 Å². The van der Waals surface area contributed by atoms with Crippen LogP contribution in [0.5, 0.6) is 0 Å². The Bertz CT molecular complexity index is 416. The summed E-state index contributed by atoms with van der Waals surface area (Å²) < 4.78 is 0. The Morgan fingerprint density at radius 3 is 2.45 bits per heavy atom. The maximum atomic E-state index is 6.38. The minimum atomic E-state index is 0.401. The van der Waals surface area contributed by atoms with Crippen molar-refractivity contribution < 1.29 is 0 Å². The maximum absolute atomic E-state index is 6.38. The molecule has 0 saturated heterocycles. The number of hydrogen-bond acceptors (Lipinski definition) is 1. The summed E-state index contributed by atoms with van der Waals surface area (Å²) in [5.41, 5.74) is 6.95. The molecule has 2 unspecified atom stereocenters. The van der Waals surface area contributed by atoms with Gasteiger partial charge in [0.1, 0.15) is 0 Å². The first-order chi connectivity index (χ1) is 10.5. The van der Waals surface area contributed by atoms with Crippen molar-refractivity contribution in [2.24, 2.45) is 52.6 Å². The lowest BCUT2D eigenvalue weighted by Gasteiger charge is -2.56. The fourth-order valence-electron chi connectivity index (χ4n) is 7.99. The van der Waals surface area contributed by atoms with Crippen LogP contribution < -0.4 is 5.73 Å². The predicted molar refractivity (Wildman–Crippen MR) is 93.4 cm³/mol. The summed E-state index contributed by atoms with van der Waals surface area (Å²) in [5, 5.41) is 0. The third kappa shape index (κ3) is 2.21. The van der Waals surface area contributed by atoms with E-state index >= 15 is 0 Å². The van der Waals surface area contributed by atoms with Gasteiger partial charge in [-0.2, -0.15) is 0 Å². The lowest BCUT2D eigenvalue weighted by Crippen LogP contribution is -2.50. The van der Waals surface area contributed by atoms with Gasteiger partial charge >= 0.3 is 0 Å². The van der Waals surface area contributed by atoms with E-state index in [1.165, 1.54) is 38.5 Å². The highest BCUT2D eigenvalue weighted by atomic mass is 14.7. The highest BCUT2D eigenvalue weighted by Crippen LogP contribution is 2.64. The minimum Gasteiger partial charge on any atom is -0.328 e. The zero-order valence-corrected chi connectivity index (χ0v) is 15.1. The number of nitrogens with two attached hydrogens (primary N) is 1. The first-order valence-corrected chi connectivity index (χ1v) is 10.3. The lowest BCUT2D eigenvalue weighted by atomic mass is 9.49. The molecule has 1 heteroatoms. The molecule has 0 bridgehead atoms. The Kier molecular flexibility index (Phi) is 3.87. The fourth-order valence-corrected chi connectivity index (χ4v) is 7.99. The SMILES string of the molecule is C[C@H]1CC[C@@H]2C3CC[C@@]4(C)C(CC[C@@H]4[C@@H](C)N)[C@@H]3CC[C@@H]2C1. The van der Waals surface area contributed by atoms with Crippen LogP contribution in [0.2, 0.25) is 0 Å². The van der Waals surface area contributed by atoms with Crippen LogP contribution in [-0.4, -0.2) is 6.04 Å². The molecule has 0 aromatic carbocycles. The van der Waals surface area contributed by atoms with E-state index in [9.17, 15) is 0 Å². The molecule has 0 aromatic heterocycles. The van der Waals surface area contributed by atoms with E-state index < -0.39 is 0 Å². The van der Waals surface area contributed by atoms with Crippen LogP contribution >= 0.6 is 0 Å². The molecule has 126 valence electrons. The molecule has 0 spiro atoms. The van der Waals surface area contributed by atoms with Gasteiger partial charge in [-0.25, -0.2) is 0 Å². The van der Waals surface area contributed by atoms with Crippen LogP contribution in [-0.2, 0) is 0 Å². The van der Waals surface area contributed by atoms with E-state index in [4.69, 9.17) is 5.73 Å². The highest BCUT2D eigenvalue weighted by molar-refractivity contribution is 5.07. The Morgan fingerprint density at radius 2 is 1.68 bits per heavy atom.